The molecule has 0 bridgehead atoms. The third-order valence-electron chi connectivity index (χ3n) is 4.76. The van der Waals surface area contributed by atoms with Crippen LogP contribution in [-0.2, 0) is 12.8 Å². The molecule has 1 amide bonds. The highest BCUT2D eigenvalue weighted by Crippen LogP contribution is 2.27. The normalized spacial score (nSPS) is 14.4. The monoisotopic (exact) mass is 325 g/mol. The van der Waals surface area contributed by atoms with Crippen LogP contribution in [0, 0.1) is 0 Å². The Morgan fingerprint density at radius 1 is 1.25 bits per heavy atom. The highest BCUT2D eigenvalue weighted by molar-refractivity contribution is 5.94. The maximum absolute atomic E-state index is 12.7. The van der Waals surface area contributed by atoms with Crippen molar-refractivity contribution in [3.05, 3.63) is 47.3 Å². The second-order valence-electron chi connectivity index (χ2n) is 6.75. The van der Waals surface area contributed by atoms with Gasteiger partial charge >= 0.3 is 0 Å². The fraction of sp³-hybridized carbons (Fsp3) is 0.500. The van der Waals surface area contributed by atoms with E-state index in [0.717, 1.165) is 43.4 Å². The number of rotatable bonds is 7. The van der Waals surface area contributed by atoms with Crippen molar-refractivity contribution in [1.29, 1.82) is 0 Å². The van der Waals surface area contributed by atoms with Crippen LogP contribution in [0.1, 0.15) is 67.7 Å². The molecule has 2 aromatic rings. The summed E-state index contributed by atoms with van der Waals surface area (Å²) in [5, 5.41) is 7.79. The van der Waals surface area contributed by atoms with Crippen molar-refractivity contribution >= 4 is 5.91 Å². The number of fused-ring (bicyclic) bond motifs is 1. The summed E-state index contributed by atoms with van der Waals surface area (Å²) in [5.74, 6) is -0.0215. The summed E-state index contributed by atoms with van der Waals surface area (Å²) in [4.78, 5) is 12.7. The second kappa shape index (κ2) is 7.65. The highest BCUT2D eigenvalue weighted by Gasteiger charge is 2.27. The zero-order chi connectivity index (χ0) is 16.9. The predicted molar refractivity (Wildman–Crippen MR) is 96.7 cm³/mol. The Morgan fingerprint density at radius 3 is 2.79 bits per heavy atom. The third-order valence-corrected chi connectivity index (χ3v) is 4.76. The number of aromatic nitrogens is 2. The van der Waals surface area contributed by atoms with Crippen molar-refractivity contribution in [3.8, 4) is 5.69 Å². The first kappa shape index (κ1) is 16.7. The van der Waals surface area contributed by atoms with E-state index in [1.807, 2.05) is 35.0 Å². The molecule has 1 aliphatic rings. The minimum absolute atomic E-state index is 0.0215. The molecule has 0 spiro atoms. The molecule has 1 atom stereocenters. The van der Waals surface area contributed by atoms with Crippen LogP contribution in [0.4, 0.5) is 0 Å². The molecule has 128 valence electrons. The summed E-state index contributed by atoms with van der Waals surface area (Å²) in [6.45, 7) is 4.28. The molecular weight excluding hydrogens is 298 g/mol. The first-order valence-corrected chi connectivity index (χ1v) is 9.17. The smallest absolute Gasteiger partial charge is 0.272 e. The van der Waals surface area contributed by atoms with Crippen molar-refractivity contribution in [2.24, 2.45) is 0 Å². The Bertz CT molecular complexity index is 690. The van der Waals surface area contributed by atoms with Crippen LogP contribution in [0.2, 0.25) is 0 Å². The molecule has 4 heteroatoms. The van der Waals surface area contributed by atoms with Gasteiger partial charge in [0.1, 0.15) is 0 Å². The first-order chi connectivity index (χ1) is 11.7. The minimum atomic E-state index is -0.0215. The van der Waals surface area contributed by atoms with Gasteiger partial charge in [-0.05, 0) is 44.7 Å². The van der Waals surface area contributed by atoms with E-state index in [1.165, 1.54) is 18.5 Å². The van der Waals surface area contributed by atoms with E-state index in [2.05, 4.69) is 24.3 Å². The molecule has 1 N–H and O–H groups in total. The summed E-state index contributed by atoms with van der Waals surface area (Å²) < 4.78 is 1.96. The third kappa shape index (κ3) is 3.53. The van der Waals surface area contributed by atoms with E-state index in [9.17, 15) is 4.79 Å². The molecule has 1 heterocycles. The molecule has 4 nitrogen and oxygen atoms in total. The summed E-state index contributed by atoms with van der Waals surface area (Å²) in [5.41, 5.74) is 3.99. The second-order valence-corrected chi connectivity index (χ2v) is 6.75. The highest BCUT2D eigenvalue weighted by atomic mass is 16.2. The summed E-state index contributed by atoms with van der Waals surface area (Å²) >= 11 is 0. The first-order valence-electron chi connectivity index (χ1n) is 9.17. The summed E-state index contributed by atoms with van der Waals surface area (Å²) in [7, 11) is 0. The SMILES string of the molecule is CCCCCC(C)NC(=O)c1nn(-c2ccccc2)c2c1CCC2. The fourth-order valence-corrected chi connectivity index (χ4v) is 3.47. The van der Waals surface area contributed by atoms with Gasteiger partial charge in [-0.25, -0.2) is 4.68 Å². The number of benzene rings is 1. The quantitative estimate of drug-likeness (QED) is 0.780. The average Bonchev–Trinajstić information content (AvgIpc) is 3.18. The molecule has 0 aliphatic heterocycles. The lowest BCUT2D eigenvalue weighted by Gasteiger charge is -2.13. The van der Waals surface area contributed by atoms with Gasteiger partial charge in [0.05, 0.1) is 5.69 Å². The lowest BCUT2D eigenvalue weighted by Crippen LogP contribution is -2.33. The Balaban J connectivity index is 1.78. The number of carbonyl (C=O) groups is 1. The fourth-order valence-electron chi connectivity index (χ4n) is 3.47. The molecule has 0 saturated heterocycles. The minimum Gasteiger partial charge on any atom is -0.348 e. The molecule has 24 heavy (non-hydrogen) atoms. The van der Waals surface area contributed by atoms with Gasteiger partial charge < -0.3 is 5.32 Å². The van der Waals surface area contributed by atoms with Gasteiger partial charge in [-0.1, -0.05) is 44.4 Å². The molecular formula is C20H27N3O. The zero-order valence-corrected chi connectivity index (χ0v) is 14.7. The van der Waals surface area contributed by atoms with Gasteiger partial charge in [-0.2, -0.15) is 5.10 Å². The van der Waals surface area contributed by atoms with Crippen molar-refractivity contribution in [3.63, 3.8) is 0 Å². The number of hydrogen-bond acceptors (Lipinski definition) is 2. The average molecular weight is 325 g/mol. The van der Waals surface area contributed by atoms with Gasteiger partial charge in [0, 0.05) is 17.3 Å². The molecule has 1 aromatic heterocycles. The van der Waals surface area contributed by atoms with E-state index in [-0.39, 0.29) is 11.9 Å². The molecule has 1 unspecified atom stereocenters. The van der Waals surface area contributed by atoms with Crippen LogP contribution in [0.5, 0.6) is 0 Å². The van der Waals surface area contributed by atoms with Crippen molar-refractivity contribution < 1.29 is 4.79 Å². The van der Waals surface area contributed by atoms with E-state index < -0.39 is 0 Å². The lowest BCUT2D eigenvalue weighted by molar-refractivity contribution is 0.0931. The van der Waals surface area contributed by atoms with Crippen molar-refractivity contribution in [2.45, 2.75) is 64.8 Å². The van der Waals surface area contributed by atoms with Crippen molar-refractivity contribution in [2.75, 3.05) is 0 Å². The van der Waals surface area contributed by atoms with Crippen LogP contribution in [-0.4, -0.2) is 21.7 Å². The molecule has 0 radical (unpaired) electrons. The topological polar surface area (TPSA) is 46.9 Å². The Hall–Kier alpha value is -2.10. The van der Waals surface area contributed by atoms with Gasteiger partial charge in [-0.3, -0.25) is 4.79 Å². The maximum atomic E-state index is 12.7. The van der Waals surface area contributed by atoms with E-state index in [4.69, 9.17) is 0 Å². The Morgan fingerprint density at radius 2 is 2.04 bits per heavy atom. The van der Waals surface area contributed by atoms with Crippen LogP contribution < -0.4 is 5.32 Å². The summed E-state index contributed by atoms with van der Waals surface area (Å²) in [6, 6.07) is 10.3. The van der Waals surface area contributed by atoms with Gasteiger partial charge in [0.2, 0.25) is 0 Å². The molecule has 3 rings (SSSR count). The number of carbonyl (C=O) groups excluding carboxylic acids is 1. The van der Waals surface area contributed by atoms with Gasteiger partial charge in [0.25, 0.3) is 5.91 Å². The largest absolute Gasteiger partial charge is 0.348 e. The standard InChI is InChI=1S/C20H27N3O/c1-3-4-6-10-15(2)21-20(24)19-17-13-9-14-18(17)23(22-19)16-11-7-5-8-12-16/h5,7-8,11-12,15H,3-4,6,9-10,13-14H2,1-2H3,(H,21,24). The number of hydrogen-bond donors (Lipinski definition) is 1. The zero-order valence-electron chi connectivity index (χ0n) is 14.7. The van der Waals surface area contributed by atoms with Gasteiger partial charge in [0.15, 0.2) is 5.69 Å². The summed E-state index contributed by atoms with van der Waals surface area (Å²) in [6.07, 6.45) is 7.67. The number of amides is 1. The number of nitrogens with zero attached hydrogens (tertiary/aromatic N) is 2. The Labute approximate surface area is 144 Å². The van der Waals surface area contributed by atoms with Crippen molar-refractivity contribution in [1.82, 2.24) is 15.1 Å². The van der Waals surface area contributed by atoms with Crippen LogP contribution in [0.3, 0.4) is 0 Å². The molecule has 1 aliphatic carbocycles. The maximum Gasteiger partial charge on any atom is 0.272 e. The van der Waals surface area contributed by atoms with Crippen LogP contribution >= 0.6 is 0 Å². The number of para-hydroxylation sites is 1. The molecule has 0 fully saturated rings. The molecule has 1 aromatic carbocycles. The number of unbranched alkanes of at least 4 members (excludes halogenated alkanes) is 2. The van der Waals surface area contributed by atoms with E-state index >= 15 is 0 Å². The van der Waals surface area contributed by atoms with Crippen LogP contribution in [0.15, 0.2) is 30.3 Å². The van der Waals surface area contributed by atoms with E-state index in [1.54, 1.807) is 0 Å². The predicted octanol–water partition coefficient (Wildman–Crippen LogP) is 4.06. The lowest BCUT2D eigenvalue weighted by atomic mass is 10.1. The van der Waals surface area contributed by atoms with Crippen LogP contribution in [0.25, 0.3) is 5.69 Å². The van der Waals surface area contributed by atoms with E-state index in [0.29, 0.717) is 5.69 Å². The number of nitrogens with one attached hydrogen (secondary N) is 1. The Kier molecular flexibility index (Phi) is 5.34. The van der Waals surface area contributed by atoms with Gasteiger partial charge in [-0.15, -0.1) is 0 Å². The molecule has 0 saturated carbocycles.